The molecular formula is C14H18ClNO4. The van der Waals surface area contributed by atoms with Crippen LogP contribution in [0, 0.1) is 17.0 Å². The third-order valence-corrected chi connectivity index (χ3v) is 3.77. The molecule has 0 aromatic heterocycles. The molecule has 0 spiro atoms. The average molecular weight is 300 g/mol. The molecule has 0 saturated heterocycles. The zero-order valence-corrected chi connectivity index (χ0v) is 12.3. The Morgan fingerprint density at radius 3 is 2.80 bits per heavy atom. The molecule has 0 radical (unpaired) electrons. The van der Waals surface area contributed by atoms with Crippen LogP contribution in [-0.4, -0.2) is 29.1 Å². The van der Waals surface area contributed by atoms with Crippen LogP contribution in [0.2, 0.25) is 0 Å². The standard InChI is InChI=1S/C14H18ClNO4/c1-3-6-19-14-11(15)8-13(14)20-10-4-5-12(16(17)18)9(2)7-10/h4-5,7,11,13-14H,3,6,8H2,1-2H3. The number of hydrogen-bond donors (Lipinski definition) is 0. The van der Waals surface area contributed by atoms with E-state index < -0.39 is 4.92 Å². The van der Waals surface area contributed by atoms with Crippen LogP contribution < -0.4 is 4.74 Å². The van der Waals surface area contributed by atoms with Gasteiger partial charge in [-0.3, -0.25) is 10.1 Å². The van der Waals surface area contributed by atoms with E-state index >= 15 is 0 Å². The Morgan fingerprint density at radius 1 is 1.50 bits per heavy atom. The van der Waals surface area contributed by atoms with E-state index in [4.69, 9.17) is 21.1 Å². The monoisotopic (exact) mass is 299 g/mol. The van der Waals surface area contributed by atoms with Crippen molar-refractivity contribution in [2.75, 3.05) is 6.61 Å². The van der Waals surface area contributed by atoms with Crippen LogP contribution in [0.1, 0.15) is 25.3 Å². The normalized spacial score (nSPS) is 25.1. The largest absolute Gasteiger partial charge is 0.488 e. The molecule has 0 aliphatic heterocycles. The van der Waals surface area contributed by atoms with Gasteiger partial charge in [0.1, 0.15) is 18.0 Å². The molecule has 0 bridgehead atoms. The SMILES string of the molecule is CCCOC1C(Cl)CC1Oc1ccc([N+](=O)[O-])c(C)c1. The zero-order valence-electron chi connectivity index (χ0n) is 11.5. The second-order valence-corrected chi connectivity index (χ2v) is 5.51. The quantitative estimate of drug-likeness (QED) is 0.458. The molecule has 1 aliphatic carbocycles. The summed E-state index contributed by atoms with van der Waals surface area (Å²) in [5.74, 6) is 0.617. The molecule has 2 rings (SSSR count). The van der Waals surface area contributed by atoms with Crippen molar-refractivity contribution in [3.63, 3.8) is 0 Å². The summed E-state index contributed by atoms with van der Waals surface area (Å²) in [4.78, 5) is 10.4. The van der Waals surface area contributed by atoms with Crippen molar-refractivity contribution in [3.05, 3.63) is 33.9 Å². The van der Waals surface area contributed by atoms with E-state index in [9.17, 15) is 10.1 Å². The van der Waals surface area contributed by atoms with E-state index in [0.29, 0.717) is 17.9 Å². The summed E-state index contributed by atoms with van der Waals surface area (Å²) in [6, 6.07) is 4.75. The maximum atomic E-state index is 10.8. The Morgan fingerprint density at radius 2 is 2.25 bits per heavy atom. The second kappa shape index (κ2) is 6.41. The van der Waals surface area contributed by atoms with Gasteiger partial charge in [-0.05, 0) is 25.5 Å². The number of ether oxygens (including phenoxy) is 2. The van der Waals surface area contributed by atoms with Crippen molar-refractivity contribution in [1.82, 2.24) is 0 Å². The van der Waals surface area contributed by atoms with E-state index in [1.807, 2.05) is 6.92 Å². The third-order valence-electron chi connectivity index (χ3n) is 3.35. The van der Waals surface area contributed by atoms with Gasteiger partial charge in [0.15, 0.2) is 0 Å². The minimum absolute atomic E-state index is 0.0225. The van der Waals surface area contributed by atoms with Crippen molar-refractivity contribution < 1.29 is 14.4 Å². The lowest BCUT2D eigenvalue weighted by atomic mass is 9.91. The molecule has 1 aromatic carbocycles. The lowest BCUT2D eigenvalue weighted by Crippen LogP contribution is -2.52. The fraction of sp³-hybridized carbons (Fsp3) is 0.571. The summed E-state index contributed by atoms with van der Waals surface area (Å²) >= 11 is 6.12. The molecule has 1 saturated carbocycles. The minimum Gasteiger partial charge on any atom is -0.488 e. The fourth-order valence-corrected chi connectivity index (χ4v) is 2.60. The molecule has 0 amide bonds. The Bertz CT molecular complexity index is 494. The van der Waals surface area contributed by atoms with Crippen LogP contribution in [0.25, 0.3) is 0 Å². The molecule has 20 heavy (non-hydrogen) atoms. The molecule has 3 atom stereocenters. The van der Waals surface area contributed by atoms with E-state index in [0.717, 1.165) is 12.8 Å². The Kier molecular flexibility index (Phi) is 4.83. The number of halogens is 1. The fourth-order valence-electron chi connectivity index (χ4n) is 2.19. The maximum Gasteiger partial charge on any atom is 0.272 e. The first kappa shape index (κ1) is 15.1. The maximum absolute atomic E-state index is 10.8. The molecule has 6 heteroatoms. The van der Waals surface area contributed by atoms with Gasteiger partial charge in [0.2, 0.25) is 0 Å². The van der Waals surface area contributed by atoms with E-state index in [1.54, 1.807) is 19.1 Å². The smallest absolute Gasteiger partial charge is 0.272 e. The van der Waals surface area contributed by atoms with Crippen molar-refractivity contribution in [2.24, 2.45) is 0 Å². The van der Waals surface area contributed by atoms with E-state index in [-0.39, 0.29) is 23.3 Å². The summed E-state index contributed by atoms with van der Waals surface area (Å²) in [5, 5.41) is 10.7. The van der Waals surface area contributed by atoms with Crippen LogP contribution in [0.3, 0.4) is 0 Å². The van der Waals surface area contributed by atoms with Crippen molar-refractivity contribution in [2.45, 2.75) is 44.3 Å². The van der Waals surface area contributed by atoms with E-state index in [2.05, 4.69) is 0 Å². The predicted molar refractivity (Wildman–Crippen MR) is 76.5 cm³/mol. The first-order chi connectivity index (χ1) is 9.52. The minimum atomic E-state index is -0.398. The van der Waals surface area contributed by atoms with Gasteiger partial charge in [-0.25, -0.2) is 0 Å². The molecule has 5 nitrogen and oxygen atoms in total. The number of benzene rings is 1. The number of nitro groups is 1. The summed E-state index contributed by atoms with van der Waals surface area (Å²) in [6.07, 6.45) is 1.48. The van der Waals surface area contributed by atoms with Crippen LogP contribution in [0.5, 0.6) is 5.75 Å². The number of aryl methyl sites for hydroxylation is 1. The molecule has 0 N–H and O–H groups in total. The Hall–Kier alpha value is -1.33. The van der Waals surface area contributed by atoms with Gasteiger partial charge in [-0.2, -0.15) is 0 Å². The van der Waals surface area contributed by atoms with E-state index in [1.165, 1.54) is 6.07 Å². The molecule has 0 heterocycles. The number of hydrogen-bond acceptors (Lipinski definition) is 4. The highest BCUT2D eigenvalue weighted by molar-refractivity contribution is 6.21. The van der Waals surface area contributed by atoms with Crippen LogP contribution in [0.15, 0.2) is 18.2 Å². The van der Waals surface area contributed by atoms with Crippen LogP contribution in [0.4, 0.5) is 5.69 Å². The Balaban J connectivity index is 2.00. The topological polar surface area (TPSA) is 61.6 Å². The van der Waals surface area contributed by atoms with Crippen molar-refractivity contribution >= 4 is 17.3 Å². The number of alkyl halides is 1. The van der Waals surface area contributed by atoms with Gasteiger partial charge < -0.3 is 9.47 Å². The van der Waals surface area contributed by atoms with Crippen molar-refractivity contribution in [3.8, 4) is 5.75 Å². The number of rotatable bonds is 6. The Labute approximate surface area is 123 Å². The molecule has 1 aromatic rings. The number of nitrogens with zero attached hydrogens (tertiary/aromatic N) is 1. The van der Waals surface area contributed by atoms with Gasteiger partial charge >= 0.3 is 0 Å². The first-order valence-corrected chi connectivity index (χ1v) is 7.14. The van der Waals surface area contributed by atoms with Gasteiger partial charge in [-0.1, -0.05) is 6.92 Å². The molecule has 110 valence electrons. The van der Waals surface area contributed by atoms with Crippen molar-refractivity contribution in [1.29, 1.82) is 0 Å². The molecule has 3 unspecified atom stereocenters. The summed E-state index contributed by atoms with van der Waals surface area (Å²) in [6.45, 7) is 4.39. The van der Waals surface area contributed by atoms with Gasteiger partial charge in [0, 0.05) is 24.7 Å². The highest BCUT2D eigenvalue weighted by atomic mass is 35.5. The second-order valence-electron chi connectivity index (χ2n) is 4.95. The predicted octanol–water partition coefficient (Wildman–Crippen LogP) is 3.46. The highest BCUT2D eigenvalue weighted by Crippen LogP contribution is 2.34. The van der Waals surface area contributed by atoms with Gasteiger partial charge in [0.05, 0.1) is 10.3 Å². The van der Waals surface area contributed by atoms with Gasteiger partial charge in [0.25, 0.3) is 5.69 Å². The third kappa shape index (κ3) is 3.22. The zero-order chi connectivity index (χ0) is 14.7. The summed E-state index contributed by atoms with van der Waals surface area (Å²) < 4.78 is 11.5. The first-order valence-electron chi connectivity index (χ1n) is 6.70. The van der Waals surface area contributed by atoms with Gasteiger partial charge in [-0.15, -0.1) is 11.6 Å². The lowest BCUT2D eigenvalue weighted by molar-refractivity contribution is -0.385. The number of nitro benzene ring substituents is 1. The average Bonchev–Trinajstić information content (AvgIpc) is 2.38. The molecule has 1 aliphatic rings. The van der Waals surface area contributed by atoms with Crippen LogP contribution in [-0.2, 0) is 4.74 Å². The summed E-state index contributed by atoms with van der Waals surface area (Å²) in [5.41, 5.74) is 0.681. The van der Waals surface area contributed by atoms with Crippen LogP contribution >= 0.6 is 11.6 Å². The molecular weight excluding hydrogens is 282 g/mol. The highest BCUT2D eigenvalue weighted by Gasteiger charge is 2.42. The summed E-state index contributed by atoms with van der Waals surface area (Å²) in [7, 11) is 0. The molecule has 1 fully saturated rings. The lowest BCUT2D eigenvalue weighted by Gasteiger charge is -2.40.